The van der Waals surface area contributed by atoms with Crippen LogP contribution in [0.25, 0.3) is 0 Å². The maximum atomic E-state index is 12.1. The number of morpholine rings is 1. The van der Waals surface area contributed by atoms with Gasteiger partial charge < -0.3 is 20.1 Å². The summed E-state index contributed by atoms with van der Waals surface area (Å²) in [5.74, 6) is 0.752. The first kappa shape index (κ1) is 17.9. The highest BCUT2D eigenvalue weighted by atomic mass is 35.5. The molecule has 0 radical (unpaired) electrons. The molecule has 1 aliphatic rings. The van der Waals surface area contributed by atoms with Crippen LogP contribution in [-0.2, 0) is 9.53 Å². The summed E-state index contributed by atoms with van der Waals surface area (Å²) in [6, 6.07) is 8.57. The second-order valence-electron chi connectivity index (χ2n) is 5.55. The Labute approximate surface area is 155 Å². The van der Waals surface area contributed by atoms with Crippen LogP contribution in [0.2, 0.25) is 10.0 Å². The van der Waals surface area contributed by atoms with Gasteiger partial charge in [0.1, 0.15) is 10.8 Å². The molecule has 1 atom stereocenters. The molecule has 2 aromatic rings. The third-order valence-electron chi connectivity index (χ3n) is 3.56. The number of hydrogen-bond acceptors (Lipinski definition) is 5. The molecular formula is C17H17Cl2N3O3. The zero-order valence-electron chi connectivity index (χ0n) is 13.3. The van der Waals surface area contributed by atoms with E-state index in [1.54, 1.807) is 30.3 Å². The summed E-state index contributed by atoms with van der Waals surface area (Å²) in [5.41, 5.74) is 0.684. The number of rotatable bonds is 5. The SMILES string of the molecule is O=C(CC1COCCN1)Nc1ccc(Oc2ncc(Cl)cc2Cl)cc1. The number of anilines is 1. The van der Waals surface area contributed by atoms with Gasteiger partial charge in [-0.05, 0) is 30.3 Å². The summed E-state index contributed by atoms with van der Waals surface area (Å²) in [6.07, 6.45) is 1.82. The molecule has 1 aromatic heterocycles. The second kappa shape index (κ2) is 8.49. The molecule has 8 heteroatoms. The van der Waals surface area contributed by atoms with Gasteiger partial charge in [0.25, 0.3) is 0 Å². The van der Waals surface area contributed by atoms with Gasteiger partial charge in [-0.1, -0.05) is 23.2 Å². The molecule has 2 heterocycles. The molecule has 1 saturated heterocycles. The summed E-state index contributed by atoms with van der Waals surface area (Å²) in [7, 11) is 0. The summed E-state index contributed by atoms with van der Waals surface area (Å²) in [5, 5.41) is 6.86. The molecule has 0 spiro atoms. The number of halogens is 2. The minimum absolute atomic E-state index is 0.0504. The number of pyridine rings is 1. The molecule has 1 aliphatic heterocycles. The Balaban J connectivity index is 1.55. The van der Waals surface area contributed by atoms with Gasteiger partial charge in [-0.3, -0.25) is 4.79 Å². The molecule has 1 aromatic carbocycles. The predicted octanol–water partition coefficient (Wildman–Crippen LogP) is 3.50. The quantitative estimate of drug-likeness (QED) is 0.828. The molecule has 3 rings (SSSR count). The van der Waals surface area contributed by atoms with Crippen LogP contribution in [0.5, 0.6) is 11.6 Å². The zero-order chi connectivity index (χ0) is 17.6. The smallest absolute Gasteiger partial charge is 0.238 e. The van der Waals surface area contributed by atoms with Crippen LogP contribution in [0.4, 0.5) is 5.69 Å². The van der Waals surface area contributed by atoms with E-state index in [9.17, 15) is 4.79 Å². The fraction of sp³-hybridized carbons (Fsp3) is 0.294. The van der Waals surface area contributed by atoms with E-state index in [2.05, 4.69) is 15.6 Å². The number of benzene rings is 1. The Kier molecular flexibility index (Phi) is 6.09. The lowest BCUT2D eigenvalue weighted by Gasteiger charge is -2.23. The van der Waals surface area contributed by atoms with Crippen LogP contribution >= 0.6 is 23.2 Å². The van der Waals surface area contributed by atoms with E-state index in [1.165, 1.54) is 6.20 Å². The second-order valence-corrected chi connectivity index (χ2v) is 6.39. The number of amides is 1. The number of nitrogens with one attached hydrogen (secondary N) is 2. The first-order valence-corrected chi connectivity index (χ1v) is 8.56. The molecule has 2 N–H and O–H groups in total. The first-order valence-electron chi connectivity index (χ1n) is 7.80. The predicted molar refractivity (Wildman–Crippen MR) is 96.6 cm³/mol. The molecule has 6 nitrogen and oxygen atoms in total. The topological polar surface area (TPSA) is 72.5 Å². The molecule has 25 heavy (non-hydrogen) atoms. The Morgan fingerprint density at radius 2 is 2.16 bits per heavy atom. The maximum absolute atomic E-state index is 12.1. The van der Waals surface area contributed by atoms with Gasteiger partial charge in [0.15, 0.2) is 0 Å². The zero-order valence-corrected chi connectivity index (χ0v) is 14.8. The summed E-state index contributed by atoms with van der Waals surface area (Å²) in [6.45, 7) is 2.01. The van der Waals surface area contributed by atoms with Crippen molar-refractivity contribution < 1.29 is 14.3 Å². The maximum Gasteiger partial charge on any atom is 0.238 e. The molecule has 0 saturated carbocycles. The molecule has 132 valence electrons. The summed E-state index contributed by atoms with van der Waals surface area (Å²) < 4.78 is 10.9. The first-order chi connectivity index (χ1) is 12.1. The van der Waals surface area contributed by atoms with Crippen molar-refractivity contribution in [3.05, 3.63) is 46.6 Å². The average molecular weight is 382 g/mol. The Morgan fingerprint density at radius 3 is 2.84 bits per heavy atom. The van der Waals surface area contributed by atoms with Crippen molar-refractivity contribution in [3.63, 3.8) is 0 Å². The Morgan fingerprint density at radius 1 is 1.36 bits per heavy atom. The van der Waals surface area contributed by atoms with Gasteiger partial charge in [0, 0.05) is 30.9 Å². The molecule has 1 fully saturated rings. The van der Waals surface area contributed by atoms with Gasteiger partial charge >= 0.3 is 0 Å². The van der Waals surface area contributed by atoms with Gasteiger partial charge in [-0.2, -0.15) is 0 Å². The van der Waals surface area contributed by atoms with E-state index in [-0.39, 0.29) is 17.8 Å². The summed E-state index contributed by atoms with van der Waals surface area (Å²) in [4.78, 5) is 16.1. The number of carbonyl (C=O) groups is 1. The van der Waals surface area contributed by atoms with Crippen molar-refractivity contribution in [2.45, 2.75) is 12.5 Å². The van der Waals surface area contributed by atoms with Gasteiger partial charge in [-0.15, -0.1) is 0 Å². The number of aromatic nitrogens is 1. The lowest BCUT2D eigenvalue weighted by molar-refractivity contribution is -0.117. The standard InChI is InChI=1S/C17H17Cl2N3O3/c18-11-7-15(19)17(21-9-11)25-14-3-1-12(2-4-14)22-16(23)8-13-10-24-6-5-20-13/h1-4,7,9,13,20H,5-6,8,10H2,(H,22,23). The summed E-state index contributed by atoms with van der Waals surface area (Å²) >= 11 is 11.8. The Hall–Kier alpha value is -1.86. The average Bonchev–Trinajstić information content (AvgIpc) is 2.60. The molecule has 0 bridgehead atoms. The van der Waals surface area contributed by atoms with Gasteiger partial charge in [0.05, 0.1) is 18.2 Å². The highest BCUT2D eigenvalue weighted by Gasteiger charge is 2.16. The van der Waals surface area contributed by atoms with Crippen LogP contribution in [0.15, 0.2) is 36.5 Å². The van der Waals surface area contributed by atoms with Crippen LogP contribution < -0.4 is 15.4 Å². The van der Waals surface area contributed by atoms with Crippen LogP contribution in [-0.4, -0.2) is 36.7 Å². The molecule has 1 amide bonds. The van der Waals surface area contributed by atoms with E-state index < -0.39 is 0 Å². The van der Waals surface area contributed by atoms with Crippen LogP contribution in [0.1, 0.15) is 6.42 Å². The molecular weight excluding hydrogens is 365 g/mol. The largest absolute Gasteiger partial charge is 0.438 e. The van der Waals surface area contributed by atoms with Crippen molar-refractivity contribution >= 4 is 34.8 Å². The fourth-order valence-corrected chi connectivity index (χ4v) is 2.80. The van der Waals surface area contributed by atoms with Crippen molar-refractivity contribution in [1.29, 1.82) is 0 Å². The third kappa shape index (κ3) is 5.31. The number of hydrogen-bond donors (Lipinski definition) is 2. The van der Waals surface area contributed by atoms with Crippen LogP contribution in [0.3, 0.4) is 0 Å². The normalized spacial score (nSPS) is 17.1. The number of ether oxygens (including phenoxy) is 2. The van der Waals surface area contributed by atoms with E-state index in [0.29, 0.717) is 41.1 Å². The van der Waals surface area contributed by atoms with Gasteiger partial charge in [-0.25, -0.2) is 4.98 Å². The van der Waals surface area contributed by atoms with Gasteiger partial charge in [0.2, 0.25) is 11.8 Å². The monoisotopic (exact) mass is 381 g/mol. The third-order valence-corrected chi connectivity index (χ3v) is 4.03. The van der Waals surface area contributed by atoms with E-state index >= 15 is 0 Å². The van der Waals surface area contributed by atoms with E-state index in [4.69, 9.17) is 32.7 Å². The van der Waals surface area contributed by atoms with Crippen molar-refractivity contribution in [3.8, 4) is 11.6 Å². The number of carbonyl (C=O) groups excluding carboxylic acids is 1. The molecule has 1 unspecified atom stereocenters. The lowest BCUT2D eigenvalue weighted by atomic mass is 10.2. The van der Waals surface area contributed by atoms with E-state index in [1.807, 2.05) is 0 Å². The highest BCUT2D eigenvalue weighted by molar-refractivity contribution is 6.35. The highest BCUT2D eigenvalue weighted by Crippen LogP contribution is 2.29. The molecule has 0 aliphatic carbocycles. The Bertz CT molecular complexity index is 734. The fourth-order valence-electron chi connectivity index (χ4n) is 2.38. The minimum atomic E-state index is -0.0703. The van der Waals surface area contributed by atoms with E-state index in [0.717, 1.165) is 6.54 Å². The van der Waals surface area contributed by atoms with Crippen LogP contribution in [0, 0.1) is 0 Å². The van der Waals surface area contributed by atoms with Crippen molar-refractivity contribution in [2.75, 3.05) is 25.1 Å². The number of nitrogens with zero attached hydrogens (tertiary/aromatic N) is 1. The lowest BCUT2D eigenvalue weighted by Crippen LogP contribution is -2.43. The minimum Gasteiger partial charge on any atom is -0.438 e. The van der Waals surface area contributed by atoms with Crippen molar-refractivity contribution in [2.24, 2.45) is 0 Å². The van der Waals surface area contributed by atoms with Crippen molar-refractivity contribution in [1.82, 2.24) is 10.3 Å².